The van der Waals surface area contributed by atoms with Crippen molar-refractivity contribution in [1.82, 2.24) is 28.2 Å². The second-order valence-electron chi connectivity index (χ2n) is 18.6. The van der Waals surface area contributed by atoms with Crippen LogP contribution in [0, 0.1) is 0 Å². The predicted octanol–water partition coefficient (Wildman–Crippen LogP) is 15.3. The smallest absolute Gasteiger partial charge is 0.0937 e. The lowest BCUT2D eigenvalue weighted by atomic mass is 9.67. The van der Waals surface area contributed by atoms with Crippen LogP contribution in [0.25, 0.3) is 110 Å². The number of nitrogens with zero attached hydrogens (tertiary/aromatic N) is 6. The topological polar surface area (TPSA) is 45.5 Å². The van der Waals surface area contributed by atoms with Gasteiger partial charge in [0.15, 0.2) is 0 Å². The number of para-hydroxylation sites is 4. The van der Waals surface area contributed by atoms with Crippen molar-refractivity contribution >= 4 is 87.2 Å². The number of rotatable bonds is 6. The molecule has 0 bridgehead atoms. The van der Waals surface area contributed by atoms with E-state index in [4.69, 9.17) is 9.97 Å². The van der Waals surface area contributed by atoms with Gasteiger partial charge in [0.05, 0.1) is 38.9 Å². The molecule has 6 heteroatoms. The van der Waals surface area contributed by atoms with Gasteiger partial charge < -0.3 is 18.3 Å². The summed E-state index contributed by atoms with van der Waals surface area (Å²) in [4.78, 5) is 10.2. The van der Waals surface area contributed by atoms with E-state index >= 15 is 0 Å². The lowest BCUT2D eigenvalue weighted by Crippen LogP contribution is -2.28. The van der Waals surface area contributed by atoms with Crippen LogP contribution >= 0.6 is 0 Å². The fourth-order valence-corrected chi connectivity index (χ4v) is 12.7. The van der Waals surface area contributed by atoms with Crippen LogP contribution in [0.3, 0.4) is 0 Å². The quantitative estimate of drug-likeness (QED) is 0.167. The van der Waals surface area contributed by atoms with Gasteiger partial charge in [0.2, 0.25) is 0 Å². The molecular weight excluding hydrogens is 841 g/mol. The second kappa shape index (κ2) is 14.1. The molecule has 0 saturated heterocycles. The minimum Gasteiger partial charge on any atom is -0.341 e. The van der Waals surface area contributed by atoms with E-state index in [1.807, 2.05) is 12.4 Å². The lowest BCUT2D eigenvalue weighted by Gasteiger charge is -2.33. The first-order chi connectivity index (χ1) is 34.1. The normalized spacial score (nSPS) is 13.3. The molecule has 0 unspecified atom stereocenters. The van der Waals surface area contributed by atoms with Gasteiger partial charge >= 0.3 is 0 Å². The van der Waals surface area contributed by atoms with Gasteiger partial charge in [-0.1, -0.05) is 97.1 Å². The van der Waals surface area contributed by atoms with Gasteiger partial charge in [-0.3, -0.25) is 9.97 Å². The van der Waals surface area contributed by atoms with E-state index in [0.717, 1.165) is 47.0 Å². The highest BCUT2D eigenvalue weighted by Gasteiger charge is 2.48. The van der Waals surface area contributed by atoms with Crippen LogP contribution in [0.15, 0.2) is 207 Å². The van der Waals surface area contributed by atoms with Gasteiger partial charge in [-0.2, -0.15) is 0 Å². The summed E-state index contributed by atoms with van der Waals surface area (Å²) in [5.41, 5.74) is 17.9. The molecule has 0 aliphatic heterocycles. The van der Waals surface area contributed by atoms with E-state index in [1.165, 1.54) is 98.4 Å². The Morgan fingerprint density at radius 1 is 0.333 bits per heavy atom. The zero-order valence-corrected chi connectivity index (χ0v) is 38.2. The number of fused-ring (bicyclic) bond motifs is 15. The monoisotopic (exact) mass is 884 g/mol. The Morgan fingerprint density at radius 2 is 0.681 bits per heavy atom. The lowest BCUT2D eigenvalue weighted by molar-refractivity contribution is 0.766. The molecule has 0 radical (unpaired) electrons. The standard InChI is InChI=1S/C63H44N6/c1-3-66-53-29-25-39(35-47(53)49-37-41(27-31-55(49)66)68-57-21-9-5-15-43(57)44-16-6-10-22-58(44)68)63(51-19-13-33-64-61(51)62-52(63)20-14-34-65-62)40-26-30-54-48(36-40)50-38-42(28-32-56(50)67(54)4-2)69-59-23-11-7-17-45(59)46-18-8-12-24-60(46)69/h5-38H,3-4H2,1-2H3. The van der Waals surface area contributed by atoms with Crippen LogP contribution in [0.2, 0.25) is 0 Å². The van der Waals surface area contributed by atoms with Crippen LogP contribution in [0.4, 0.5) is 0 Å². The molecule has 0 fully saturated rings. The highest BCUT2D eigenvalue weighted by molar-refractivity contribution is 6.14. The van der Waals surface area contributed by atoms with Crippen LogP contribution in [0.5, 0.6) is 0 Å². The molecule has 0 atom stereocenters. The van der Waals surface area contributed by atoms with Gasteiger partial charge in [-0.05, 0) is 133 Å². The zero-order chi connectivity index (χ0) is 45.5. The fraction of sp³-hybridized carbons (Fsp3) is 0.0794. The van der Waals surface area contributed by atoms with E-state index in [1.54, 1.807) is 0 Å². The van der Waals surface area contributed by atoms with Crippen LogP contribution in [-0.4, -0.2) is 28.2 Å². The van der Waals surface area contributed by atoms with E-state index < -0.39 is 5.41 Å². The molecule has 6 heterocycles. The number of benzene rings is 8. The summed E-state index contributed by atoms with van der Waals surface area (Å²) in [5.74, 6) is 0. The molecule has 0 saturated carbocycles. The third kappa shape index (κ3) is 4.99. The number of aromatic nitrogens is 6. The van der Waals surface area contributed by atoms with Gasteiger partial charge in [-0.25, -0.2) is 0 Å². The highest BCUT2D eigenvalue weighted by Crippen LogP contribution is 2.56. The zero-order valence-electron chi connectivity index (χ0n) is 38.2. The minimum atomic E-state index is -0.717. The molecule has 8 aromatic carbocycles. The third-order valence-electron chi connectivity index (χ3n) is 15.5. The first-order valence-corrected chi connectivity index (χ1v) is 24.2. The first-order valence-electron chi connectivity index (χ1n) is 24.2. The molecule has 1 aliphatic rings. The van der Waals surface area contributed by atoms with Crippen LogP contribution in [0.1, 0.15) is 36.1 Å². The molecule has 1 aliphatic carbocycles. The molecule has 15 rings (SSSR count). The average molecular weight is 885 g/mol. The van der Waals surface area contributed by atoms with Gasteiger partial charge in [0.25, 0.3) is 0 Å². The van der Waals surface area contributed by atoms with Crippen molar-refractivity contribution in [2.45, 2.75) is 32.4 Å². The molecule has 6 aromatic heterocycles. The largest absolute Gasteiger partial charge is 0.341 e. The Labute approximate surface area is 397 Å². The molecule has 6 nitrogen and oxygen atoms in total. The Bertz CT molecular complexity index is 4090. The molecule has 0 amide bonds. The summed E-state index contributed by atoms with van der Waals surface area (Å²) >= 11 is 0. The summed E-state index contributed by atoms with van der Waals surface area (Å²) in [6, 6.07) is 72.4. The predicted molar refractivity (Wildman–Crippen MR) is 285 cm³/mol. The maximum atomic E-state index is 5.11. The van der Waals surface area contributed by atoms with E-state index in [9.17, 15) is 0 Å². The van der Waals surface area contributed by atoms with Crippen LogP contribution < -0.4 is 0 Å². The van der Waals surface area contributed by atoms with Crippen molar-refractivity contribution in [2.75, 3.05) is 0 Å². The van der Waals surface area contributed by atoms with Crippen molar-refractivity contribution in [1.29, 1.82) is 0 Å². The van der Waals surface area contributed by atoms with Crippen molar-refractivity contribution in [3.63, 3.8) is 0 Å². The van der Waals surface area contributed by atoms with E-state index in [0.29, 0.717) is 0 Å². The molecule has 69 heavy (non-hydrogen) atoms. The van der Waals surface area contributed by atoms with Crippen molar-refractivity contribution in [3.05, 3.63) is 229 Å². The summed E-state index contributed by atoms with van der Waals surface area (Å²) in [5, 5.41) is 9.97. The van der Waals surface area contributed by atoms with Crippen molar-refractivity contribution in [2.24, 2.45) is 0 Å². The Kier molecular flexibility index (Phi) is 7.87. The molecule has 326 valence electrons. The maximum Gasteiger partial charge on any atom is 0.0937 e. The Balaban J connectivity index is 1.01. The molecule has 14 aromatic rings. The van der Waals surface area contributed by atoms with Gasteiger partial charge in [0, 0.05) is 102 Å². The van der Waals surface area contributed by atoms with E-state index in [-0.39, 0.29) is 0 Å². The molecular formula is C63H44N6. The van der Waals surface area contributed by atoms with Crippen molar-refractivity contribution in [3.8, 4) is 22.8 Å². The third-order valence-corrected chi connectivity index (χ3v) is 15.5. The van der Waals surface area contributed by atoms with Gasteiger partial charge in [-0.15, -0.1) is 0 Å². The number of hydrogen-bond acceptors (Lipinski definition) is 2. The summed E-state index contributed by atoms with van der Waals surface area (Å²) < 4.78 is 9.80. The van der Waals surface area contributed by atoms with Crippen LogP contribution in [-0.2, 0) is 18.5 Å². The minimum absolute atomic E-state index is 0.717. The SMILES string of the molecule is CCn1c2ccc(-n3c4ccccc4c4ccccc43)cc2c2cc(C3(c4ccc5c(c4)c4cc(-n6c7ccccc7c7ccccc76)ccc4n5CC)c4cccnc4-c4ncccc43)ccc21. The first kappa shape index (κ1) is 38.4. The maximum absolute atomic E-state index is 5.11. The second-order valence-corrected chi connectivity index (χ2v) is 18.6. The number of aryl methyl sites for hydroxylation is 2. The Hall–Kier alpha value is -8.74. The molecule has 0 N–H and O–H groups in total. The summed E-state index contributed by atoms with van der Waals surface area (Å²) in [7, 11) is 0. The average Bonchev–Trinajstić information content (AvgIpc) is 4.19. The van der Waals surface area contributed by atoms with Crippen molar-refractivity contribution < 1.29 is 0 Å². The molecule has 0 spiro atoms. The summed E-state index contributed by atoms with van der Waals surface area (Å²) in [6.07, 6.45) is 3.83. The Morgan fingerprint density at radius 3 is 1.06 bits per heavy atom. The highest BCUT2D eigenvalue weighted by atomic mass is 15.0. The van der Waals surface area contributed by atoms with E-state index in [2.05, 4.69) is 226 Å². The fourth-order valence-electron chi connectivity index (χ4n) is 12.7. The van der Waals surface area contributed by atoms with Gasteiger partial charge in [0.1, 0.15) is 0 Å². The number of hydrogen-bond donors (Lipinski definition) is 0. The summed E-state index contributed by atoms with van der Waals surface area (Å²) in [6.45, 7) is 6.22. The number of pyridine rings is 2.